The van der Waals surface area contributed by atoms with Gasteiger partial charge in [-0.25, -0.2) is 0 Å². The molecule has 0 atom stereocenters. The average molecular weight is 481 g/mol. The monoisotopic (exact) mass is 480 g/mol. The SMILES string of the molecule is O=C(CCCc1nc(-c2cccs2)no1)N1CCN(Cc2ccc(OC(F)(F)F)cc2)CC1. The normalized spacial score (nSPS) is 15.1. The van der Waals surface area contributed by atoms with Crippen LogP contribution in [-0.2, 0) is 17.8 Å². The van der Waals surface area contributed by atoms with Crippen LogP contribution in [0.25, 0.3) is 10.7 Å². The summed E-state index contributed by atoms with van der Waals surface area (Å²) in [6, 6.07) is 9.74. The third-order valence-electron chi connectivity index (χ3n) is 5.28. The van der Waals surface area contributed by atoms with E-state index in [9.17, 15) is 18.0 Å². The molecule has 0 spiro atoms. The number of hydrogen-bond acceptors (Lipinski definition) is 7. The fraction of sp³-hybridized carbons (Fsp3) is 0.409. The van der Waals surface area contributed by atoms with Crippen molar-refractivity contribution in [1.82, 2.24) is 19.9 Å². The second-order valence-corrected chi connectivity index (χ2v) is 8.64. The predicted molar refractivity (Wildman–Crippen MR) is 116 cm³/mol. The molecule has 33 heavy (non-hydrogen) atoms. The Balaban J connectivity index is 1.16. The molecular weight excluding hydrogens is 457 g/mol. The average Bonchev–Trinajstić information content (AvgIpc) is 3.47. The van der Waals surface area contributed by atoms with Crippen LogP contribution in [-0.4, -0.2) is 58.4 Å². The molecule has 2 aromatic heterocycles. The van der Waals surface area contributed by atoms with Crippen LogP contribution in [0.2, 0.25) is 0 Å². The molecule has 4 rings (SSSR count). The largest absolute Gasteiger partial charge is 0.573 e. The predicted octanol–water partition coefficient (Wildman–Crippen LogP) is 4.36. The number of carbonyl (C=O) groups excluding carboxylic acids is 1. The lowest BCUT2D eigenvalue weighted by Gasteiger charge is -2.34. The number of amides is 1. The first-order chi connectivity index (χ1) is 15.9. The summed E-state index contributed by atoms with van der Waals surface area (Å²) in [5.74, 6) is 0.971. The number of nitrogens with zero attached hydrogens (tertiary/aromatic N) is 4. The van der Waals surface area contributed by atoms with Crippen LogP contribution < -0.4 is 4.74 Å². The second-order valence-electron chi connectivity index (χ2n) is 7.69. The van der Waals surface area contributed by atoms with E-state index < -0.39 is 6.36 Å². The molecule has 3 heterocycles. The summed E-state index contributed by atoms with van der Waals surface area (Å²) in [6.07, 6.45) is -3.09. The van der Waals surface area contributed by atoms with E-state index in [1.54, 1.807) is 23.5 Å². The summed E-state index contributed by atoms with van der Waals surface area (Å²) >= 11 is 1.54. The van der Waals surface area contributed by atoms with Gasteiger partial charge in [-0.2, -0.15) is 4.98 Å². The zero-order valence-electron chi connectivity index (χ0n) is 17.8. The Bertz CT molecular complexity index is 1030. The number of halogens is 3. The highest BCUT2D eigenvalue weighted by Crippen LogP contribution is 2.24. The molecule has 0 unspecified atom stereocenters. The Morgan fingerprint density at radius 1 is 1.12 bits per heavy atom. The number of thiophene rings is 1. The Hall–Kier alpha value is -2.92. The highest BCUT2D eigenvalue weighted by molar-refractivity contribution is 7.13. The number of benzene rings is 1. The standard InChI is InChI=1S/C22H23F3N4O3S/c23-22(24,25)31-17-8-6-16(7-9-17)15-28-10-12-29(13-11-28)20(30)5-1-4-19-26-21(27-32-19)18-3-2-14-33-18/h2-3,6-9,14H,1,4-5,10-13,15H2. The Morgan fingerprint density at radius 3 is 2.55 bits per heavy atom. The molecule has 0 bridgehead atoms. The number of aryl methyl sites for hydroxylation is 1. The summed E-state index contributed by atoms with van der Waals surface area (Å²) in [5, 5.41) is 5.93. The number of carbonyl (C=O) groups is 1. The van der Waals surface area contributed by atoms with Gasteiger partial charge < -0.3 is 14.2 Å². The van der Waals surface area contributed by atoms with E-state index in [2.05, 4.69) is 19.8 Å². The van der Waals surface area contributed by atoms with Crippen molar-refractivity contribution in [2.24, 2.45) is 0 Å². The molecule has 7 nitrogen and oxygen atoms in total. The smallest absolute Gasteiger partial charge is 0.406 e. The van der Waals surface area contributed by atoms with E-state index in [4.69, 9.17) is 4.52 Å². The third-order valence-corrected chi connectivity index (χ3v) is 6.14. The fourth-order valence-corrected chi connectivity index (χ4v) is 4.27. The minimum absolute atomic E-state index is 0.0984. The second kappa shape index (κ2) is 10.3. The highest BCUT2D eigenvalue weighted by Gasteiger charge is 2.31. The van der Waals surface area contributed by atoms with Crippen LogP contribution in [0, 0.1) is 0 Å². The van der Waals surface area contributed by atoms with Crippen molar-refractivity contribution in [1.29, 1.82) is 0 Å². The Labute approximate surface area is 192 Å². The number of piperazine rings is 1. The molecule has 1 aliphatic heterocycles. The molecule has 1 fully saturated rings. The van der Waals surface area contributed by atoms with Crippen molar-refractivity contribution in [3.63, 3.8) is 0 Å². The first kappa shape index (κ1) is 23.2. The van der Waals surface area contributed by atoms with Crippen LogP contribution >= 0.6 is 11.3 Å². The molecule has 0 saturated carbocycles. The third kappa shape index (κ3) is 6.78. The summed E-state index contributed by atoms with van der Waals surface area (Å²) in [4.78, 5) is 21.9. The van der Waals surface area contributed by atoms with Gasteiger partial charge in [-0.15, -0.1) is 24.5 Å². The summed E-state index contributed by atoms with van der Waals surface area (Å²) in [6.45, 7) is 3.27. The molecule has 0 aliphatic carbocycles. The van der Waals surface area contributed by atoms with Crippen molar-refractivity contribution in [3.8, 4) is 16.5 Å². The van der Waals surface area contributed by atoms with Gasteiger partial charge >= 0.3 is 6.36 Å². The van der Waals surface area contributed by atoms with Crippen molar-refractivity contribution in [2.45, 2.75) is 32.2 Å². The first-order valence-corrected chi connectivity index (χ1v) is 11.4. The Kier molecular flexibility index (Phi) is 7.29. The molecule has 1 amide bonds. The van der Waals surface area contributed by atoms with Gasteiger partial charge in [-0.3, -0.25) is 9.69 Å². The lowest BCUT2D eigenvalue weighted by molar-refractivity contribution is -0.274. The van der Waals surface area contributed by atoms with Gasteiger partial charge in [-0.05, 0) is 35.6 Å². The van der Waals surface area contributed by atoms with Gasteiger partial charge in [0.25, 0.3) is 0 Å². The van der Waals surface area contributed by atoms with Crippen LogP contribution in [0.1, 0.15) is 24.3 Å². The number of aromatic nitrogens is 2. The summed E-state index contributed by atoms with van der Waals surface area (Å²) in [7, 11) is 0. The maximum atomic E-state index is 12.5. The Morgan fingerprint density at radius 2 is 1.88 bits per heavy atom. The van der Waals surface area contributed by atoms with Crippen molar-refractivity contribution in [3.05, 3.63) is 53.2 Å². The van der Waals surface area contributed by atoms with Gasteiger partial charge in [-0.1, -0.05) is 23.4 Å². The zero-order valence-corrected chi connectivity index (χ0v) is 18.6. The molecule has 0 N–H and O–H groups in total. The number of hydrogen-bond donors (Lipinski definition) is 0. The maximum Gasteiger partial charge on any atom is 0.573 e. The minimum Gasteiger partial charge on any atom is -0.406 e. The quantitative estimate of drug-likeness (QED) is 0.477. The number of rotatable bonds is 8. The molecule has 1 aliphatic rings. The van der Waals surface area contributed by atoms with Gasteiger partial charge in [0.2, 0.25) is 17.6 Å². The van der Waals surface area contributed by atoms with E-state index in [0.717, 1.165) is 10.4 Å². The minimum atomic E-state index is -4.69. The van der Waals surface area contributed by atoms with E-state index >= 15 is 0 Å². The molecule has 3 aromatic rings. The molecule has 11 heteroatoms. The van der Waals surface area contributed by atoms with E-state index in [1.165, 1.54) is 12.1 Å². The van der Waals surface area contributed by atoms with E-state index in [1.807, 2.05) is 22.4 Å². The molecule has 176 valence electrons. The van der Waals surface area contributed by atoms with Gasteiger partial charge in [0.15, 0.2) is 0 Å². The van der Waals surface area contributed by atoms with Crippen LogP contribution in [0.4, 0.5) is 13.2 Å². The fourth-order valence-electron chi connectivity index (χ4n) is 3.62. The number of alkyl halides is 3. The lowest BCUT2D eigenvalue weighted by Crippen LogP contribution is -2.48. The van der Waals surface area contributed by atoms with Crippen molar-refractivity contribution >= 4 is 17.2 Å². The first-order valence-electron chi connectivity index (χ1n) is 10.6. The van der Waals surface area contributed by atoms with Gasteiger partial charge in [0.05, 0.1) is 4.88 Å². The number of ether oxygens (including phenoxy) is 1. The van der Waals surface area contributed by atoms with E-state index in [-0.39, 0.29) is 11.7 Å². The molecule has 1 aromatic carbocycles. The summed E-state index contributed by atoms with van der Waals surface area (Å²) in [5.41, 5.74) is 0.894. The lowest BCUT2D eigenvalue weighted by atomic mass is 10.1. The van der Waals surface area contributed by atoms with Crippen molar-refractivity contribution < 1.29 is 27.2 Å². The van der Waals surface area contributed by atoms with Gasteiger partial charge in [0.1, 0.15) is 5.75 Å². The topological polar surface area (TPSA) is 71.7 Å². The van der Waals surface area contributed by atoms with E-state index in [0.29, 0.717) is 63.7 Å². The highest BCUT2D eigenvalue weighted by atomic mass is 32.1. The van der Waals surface area contributed by atoms with Gasteiger partial charge in [0, 0.05) is 45.6 Å². The van der Waals surface area contributed by atoms with Crippen LogP contribution in [0.3, 0.4) is 0 Å². The van der Waals surface area contributed by atoms with Crippen molar-refractivity contribution in [2.75, 3.05) is 26.2 Å². The van der Waals surface area contributed by atoms with Crippen LogP contribution in [0.5, 0.6) is 5.75 Å². The maximum absolute atomic E-state index is 12.5. The molecule has 1 saturated heterocycles. The molecular formula is C22H23F3N4O3S. The summed E-state index contributed by atoms with van der Waals surface area (Å²) < 4.78 is 45.9. The molecule has 0 radical (unpaired) electrons. The van der Waals surface area contributed by atoms with Crippen LogP contribution in [0.15, 0.2) is 46.3 Å². The zero-order chi connectivity index (χ0) is 23.3.